The maximum atomic E-state index is 12.4. The van der Waals surface area contributed by atoms with Gasteiger partial charge < -0.3 is 10.6 Å². The minimum Gasteiger partial charge on any atom is -0.399 e. The summed E-state index contributed by atoms with van der Waals surface area (Å²) in [5.41, 5.74) is 9.94. The fraction of sp³-hybridized carbons (Fsp3) is 0.250. The predicted molar refractivity (Wildman–Crippen MR) is 77.8 cm³/mol. The van der Waals surface area contributed by atoms with Crippen molar-refractivity contribution in [2.24, 2.45) is 0 Å². The molecule has 0 aromatic heterocycles. The van der Waals surface area contributed by atoms with Gasteiger partial charge in [0.2, 0.25) is 0 Å². The molecule has 2 aromatic rings. The first-order valence-corrected chi connectivity index (χ1v) is 6.74. The summed E-state index contributed by atoms with van der Waals surface area (Å²) in [6.07, 6.45) is -4.16. The molecule has 1 heterocycles. The molecular weight excluding hydrogens is 277 g/mol. The van der Waals surface area contributed by atoms with Gasteiger partial charge in [-0.25, -0.2) is 0 Å². The lowest BCUT2D eigenvalue weighted by atomic mass is 10.1. The number of nitrogens with zero attached hydrogens (tertiary/aromatic N) is 1. The number of halogens is 3. The first-order valence-electron chi connectivity index (χ1n) is 6.74. The van der Waals surface area contributed by atoms with Crippen LogP contribution >= 0.6 is 0 Å². The van der Waals surface area contributed by atoms with Gasteiger partial charge in [-0.1, -0.05) is 12.1 Å². The van der Waals surface area contributed by atoms with E-state index in [0.29, 0.717) is 0 Å². The van der Waals surface area contributed by atoms with Crippen LogP contribution in [-0.2, 0) is 12.8 Å². The molecule has 0 fully saturated rings. The molecule has 2 N–H and O–H groups in total. The Balaban J connectivity index is 1.83. The zero-order valence-electron chi connectivity index (χ0n) is 11.3. The number of nitrogens with two attached hydrogens (primary N) is 1. The van der Waals surface area contributed by atoms with Crippen molar-refractivity contribution in [3.8, 4) is 0 Å². The zero-order chi connectivity index (χ0) is 15.0. The van der Waals surface area contributed by atoms with Crippen LogP contribution in [0.25, 0.3) is 0 Å². The number of nitrogen functional groups attached to an aromatic ring is 1. The molecule has 0 spiro atoms. The molecule has 110 valence electrons. The Hall–Kier alpha value is -2.17. The lowest BCUT2D eigenvalue weighted by molar-refractivity contribution is -0.127. The number of alkyl halides is 3. The van der Waals surface area contributed by atoms with Crippen LogP contribution in [0.3, 0.4) is 0 Å². The minimum atomic E-state index is -4.17. The van der Waals surface area contributed by atoms with Gasteiger partial charge in [0.25, 0.3) is 0 Å². The molecule has 0 radical (unpaired) electrons. The van der Waals surface area contributed by atoms with Crippen molar-refractivity contribution in [1.82, 2.24) is 0 Å². The van der Waals surface area contributed by atoms with Crippen molar-refractivity contribution in [2.75, 3.05) is 17.2 Å². The summed E-state index contributed by atoms with van der Waals surface area (Å²) in [4.78, 5) is 2.10. The van der Waals surface area contributed by atoms with Crippen LogP contribution in [0.15, 0.2) is 42.5 Å². The summed E-state index contributed by atoms with van der Waals surface area (Å²) in [5, 5.41) is 0. The smallest absolute Gasteiger partial charge is 0.393 e. The molecule has 0 unspecified atom stereocenters. The van der Waals surface area contributed by atoms with E-state index in [1.165, 1.54) is 17.7 Å². The average molecular weight is 292 g/mol. The largest absolute Gasteiger partial charge is 0.399 e. The molecule has 0 atom stereocenters. The Morgan fingerprint density at radius 3 is 2.43 bits per heavy atom. The van der Waals surface area contributed by atoms with Gasteiger partial charge in [0, 0.05) is 23.6 Å². The Kier molecular flexibility index (Phi) is 3.27. The maximum Gasteiger partial charge on any atom is 0.393 e. The molecule has 3 rings (SSSR count). The number of anilines is 3. The fourth-order valence-corrected chi connectivity index (χ4v) is 2.72. The standard InChI is InChI=1S/C16H15F3N2/c17-16(18,19)10-11-1-4-14(5-2-11)21-8-7-12-9-13(20)3-6-15(12)21/h1-6,9H,7-8,10,20H2. The molecule has 5 heteroatoms. The van der Waals surface area contributed by atoms with E-state index in [4.69, 9.17) is 5.73 Å². The second-order valence-corrected chi connectivity index (χ2v) is 5.25. The van der Waals surface area contributed by atoms with Gasteiger partial charge >= 0.3 is 6.18 Å². The number of rotatable bonds is 2. The van der Waals surface area contributed by atoms with Crippen molar-refractivity contribution in [2.45, 2.75) is 19.0 Å². The summed E-state index contributed by atoms with van der Waals surface area (Å²) in [7, 11) is 0. The van der Waals surface area contributed by atoms with Gasteiger partial charge in [0.15, 0.2) is 0 Å². The summed E-state index contributed by atoms with van der Waals surface area (Å²) < 4.78 is 37.1. The highest BCUT2D eigenvalue weighted by Crippen LogP contribution is 2.35. The van der Waals surface area contributed by atoms with E-state index in [1.807, 2.05) is 18.2 Å². The van der Waals surface area contributed by atoms with E-state index in [9.17, 15) is 13.2 Å². The van der Waals surface area contributed by atoms with Gasteiger partial charge in [-0.2, -0.15) is 13.2 Å². The highest BCUT2D eigenvalue weighted by atomic mass is 19.4. The highest BCUT2D eigenvalue weighted by molar-refractivity contribution is 5.72. The Labute approximate surface area is 121 Å². The number of hydrogen-bond donors (Lipinski definition) is 1. The third kappa shape index (κ3) is 2.96. The Morgan fingerprint density at radius 2 is 1.76 bits per heavy atom. The normalized spacial score (nSPS) is 14.3. The van der Waals surface area contributed by atoms with Gasteiger partial charge in [-0.3, -0.25) is 0 Å². The fourth-order valence-electron chi connectivity index (χ4n) is 2.72. The average Bonchev–Trinajstić information content (AvgIpc) is 2.80. The molecular formula is C16H15F3N2. The van der Waals surface area contributed by atoms with E-state index in [0.717, 1.165) is 30.0 Å². The van der Waals surface area contributed by atoms with Crippen LogP contribution in [0.5, 0.6) is 0 Å². The van der Waals surface area contributed by atoms with Crippen LogP contribution in [0, 0.1) is 0 Å². The summed E-state index contributed by atoms with van der Waals surface area (Å²) in [5.74, 6) is 0. The van der Waals surface area contributed by atoms with Crippen LogP contribution in [0.4, 0.5) is 30.2 Å². The molecule has 2 aromatic carbocycles. The van der Waals surface area contributed by atoms with Crippen LogP contribution < -0.4 is 10.6 Å². The molecule has 0 saturated heterocycles. The first kappa shape index (κ1) is 13.8. The lowest BCUT2D eigenvalue weighted by Crippen LogP contribution is -2.14. The quantitative estimate of drug-likeness (QED) is 0.845. The molecule has 0 saturated carbocycles. The third-order valence-electron chi connectivity index (χ3n) is 3.65. The van der Waals surface area contributed by atoms with E-state index in [1.54, 1.807) is 12.1 Å². The van der Waals surface area contributed by atoms with Crippen LogP contribution in [0.2, 0.25) is 0 Å². The van der Waals surface area contributed by atoms with Crippen molar-refractivity contribution in [1.29, 1.82) is 0 Å². The predicted octanol–water partition coefficient (Wildman–Crippen LogP) is 4.07. The summed E-state index contributed by atoms with van der Waals surface area (Å²) in [6, 6.07) is 12.3. The summed E-state index contributed by atoms with van der Waals surface area (Å²) in [6.45, 7) is 0.817. The SMILES string of the molecule is Nc1ccc2c(c1)CCN2c1ccc(CC(F)(F)F)cc1. The van der Waals surface area contributed by atoms with Crippen LogP contribution in [0.1, 0.15) is 11.1 Å². The van der Waals surface area contributed by atoms with Crippen molar-refractivity contribution < 1.29 is 13.2 Å². The van der Waals surface area contributed by atoms with Gasteiger partial charge in [-0.15, -0.1) is 0 Å². The number of hydrogen-bond acceptors (Lipinski definition) is 2. The third-order valence-corrected chi connectivity index (χ3v) is 3.65. The van der Waals surface area contributed by atoms with Crippen molar-refractivity contribution in [3.63, 3.8) is 0 Å². The number of benzene rings is 2. The molecule has 1 aliphatic rings. The highest BCUT2D eigenvalue weighted by Gasteiger charge is 2.27. The first-order chi connectivity index (χ1) is 9.92. The molecule has 21 heavy (non-hydrogen) atoms. The molecule has 0 amide bonds. The Bertz CT molecular complexity index is 648. The lowest BCUT2D eigenvalue weighted by Gasteiger charge is -2.20. The van der Waals surface area contributed by atoms with Gasteiger partial charge in [-0.05, 0) is 47.9 Å². The van der Waals surface area contributed by atoms with E-state index < -0.39 is 12.6 Å². The Morgan fingerprint density at radius 1 is 1.05 bits per heavy atom. The molecule has 1 aliphatic heterocycles. The second-order valence-electron chi connectivity index (χ2n) is 5.25. The van der Waals surface area contributed by atoms with E-state index >= 15 is 0 Å². The topological polar surface area (TPSA) is 29.3 Å². The second kappa shape index (κ2) is 4.98. The maximum absolute atomic E-state index is 12.4. The van der Waals surface area contributed by atoms with Crippen LogP contribution in [-0.4, -0.2) is 12.7 Å². The summed E-state index contributed by atoms with van der Waals surface area (Å²) >= 11 is 0. The molecule has 0 aliphatic carbocycles. The van der Waals surface area contributed by atoms with Gasteiger partial charge in [0.05, 0.1) is 6.42 Å². The monoisotopic (exact) mass is 292 g/mol. The van der Waals surface area contributed by atoms with E-state index in [-0.39, 0.29) is 5.56 Å². The number of fused-ring (bicyclic) bond motifs is 1. The van der Waals surface area contributed by atoms with E-state index in [2.05, 4.69) is 4.90 Å². The molecule has 2 nitrogen and oxygen atoms in total. The minimum absolute atomic E-state index is 0.281. The van der Waals surface area contributed by atoms with Gasteiger partial charge in [0.1, 0.15) is 0 Å². The van der Waals surface area contributed by atoms with Crippen molar-refractivity contribution >= 4 is 17.1 Å². The zero-order valence-corrected chi connectivity index (χ0v) is 11.3. The molecule has 0 bridgehead atoms. The van der Waals surface area contributed by atoms with Crippen molar-refractivity contribution in [3.05, 3.63) is 53.6 Å².